The smallest absolute Gasteiger partial charge is 0.149 e. The second kappa shape index (κ2) is 5.15. The lowest BCUT2D eigenvalue weighted by molar-refractivity contribution is 0.968. The fourth-order valence-corrected chi connectivity index (χ4v) is 2.88. The topological polar surface area (TPSA) is 57.4 Å². The molecule has 2 heterocycles. The monoisotopic (exact) mass is 298 g/mol. The number of fused-ring (bicyclic) bond motifs is 2. The first-order valence-corrected chi connectivity index (χ1v) is 7.37. The van der Waals surface area contributed by atoms with Crippen LogP contribution in [0.2, 0.25) is 0 Å². The molecule has 2 aromatic heterocycles. The molecule has 4 rings (SSSR count). The summed E-state index contributed by atoms with van der Waals surface area (Å²) in [6, 6.07) is 18.2. The quantitative estimate of drug-likeness (QED) is 0.566. The van der Waals surface area contributed by atoms with Gasteiger partial charge >= 0.3 is 0 Å². The van der Waals surface area contributed by atoms with Crippen molar-refractivity contribution in [2.45, 2.75) is 0 Å². The number of nitrogens with one attached hydrogen (secondary N) is 1. The van der Waals surface area contributed by atoms with Crippen LogP contribution in [0.5, 0.6) is 0 Å². The van der Waals surface area contributed by atoms with E-state index >= 15 is 0 Å². The number of nitrogens with zero attached hydrogens (tertiary/aromatic N) is 3. The zero-order chi connectivity index (χ0) is 15.8. The van der Waals surface area contributed by atoms with E-state index in [4.69, 9.17) is 0 Å². The highest BCUT2D eigenvalue weighted by atomic mass is 14.9. The van der Waals surface area contributed by atoms with Crippen molar-refractivity contribution in [2.24, 2.45) is 7.05 Å². The van der Waals surface area contributed by atoms with Crippen LogP contribution in [0.4, 0.5) is 0 Å². The number of imidazole rings is 1. The zero-order valence-electron chi connectivity index (χ0n) is 12.6. The molecular formula is C19H14N4. The molecule has 0 saturated heterocycles. The van der Waals surface area contributed by atoms with Gasteiger partial charge in [0.25, 0.3) is 0 Å². The molecule has 1 N–H and O–H groups in total. The average molecular weight is 298 g/mol. The summed E-state index contributed by atoms with van der Waals surface area (Å²) in [5, 5.41) is 10.7. The average Bonchev–Trinajstić information content (AvgIpc) is 3.14. The van der Waals surface area contributed by atoms with E-state index in [9.17, 15) is 5.26 Å². The number of aromatic nitrogens is 3. The van der Waals surface area contributed by atoms with Crippen molar-refractivity contribution in [2.75, 3.05) is 0 Å². The molecule has 4 heteroatoms. The maximum Gasteiger partial charge on any atom is 0.149 e. The van der Waals surface area contributed by atoms with Gasteiger partial charge in [-0.15, -0.1) is 0 Å². The van der Waals surface area contributed by atoms with Gasteiger partial charge in [-0.2, -0.15) is 5.26 Å². The van der Waals surface area contributed by atoms with Crippen LogP contribution in [0.25, 0.3) is 33.6 Å². The van der Waals surface area contributed by atoms with Gasteiger partial charge in [0.2, 0.25) is 0 Å². The molecular weight excluding hydrogens is 284 g/mol. The number of para-hydroxylation sites is 3. The Hall–Kier alpha value is -3.32. The third-order valence-corrected chi connectivity index (χ3v) is 3.99. The van der Waals surface area contributed by atoms with Crippen molar-refractivity contribution in [1.29, 1.82) is 5.26 Å². The molecule has 4 nitrogen and oxygen atoms in total. The first kappa shape index (κ1) is 13.4. The molecule has 110 valence electrons. The Bertz CT molecular complexity index is 1060. The predicted molar refractivity (Wildman–Crippen MR) is 92.5 cm³/mol. The van der Waals surface area contributed by atoms with Crippen molar-refractivity contribution in [1.82, 2.24) is 14.5 Å². The van der Waals surface area contributed by atoms with Crippen LogP contribution in [-0.4, -0.2) is 14.5 Å². The van der Waals surface area contributed by atoms with Crippen molar-refractivity contribution in [3.63, 3.8) is 0 Å². The fraction of sp³-hybridized carbons (Fsp3) is 0.0526. The zero-order valence-corrected chi connectivity index (χ0v) is 12.6. The number of hydrogen-bond donors (Lipinski definition) is 1. The summed E-state index contributed by atoms with van der Waals surface area (Å²) in [5.74, 6) is 0.599. The lowest BCUT2D eigenvalue weighted by atomic mass is 10.1. The van der Waals surface area contributed by atoms with Gasteiger partial charge < -0.3 is 9.55 Å². The summed E-state index contributed by atoms with van der Waals surface area (Å²) in [6.45, 7) is 0. The van der Waals surface area contributed by atoms with E-state index in [1.165, 1.54) is 0 Å². The molecule has 0 amide bonds. The second-order valence-electron chi connectivity index (χ2n) is 5.48. The van der Waals surface area contributed by atoms with Gasteiger partial charge in [-0.25, -0.2) is 4.98 Å². The molecule has 0 radical (unpaired) electrons. The van der Waals surface area contributed by atoms with E-state index in [2.05, 4.69) is 32.7 Å². The number of nitriles is 1. The van der Waals surface area contributed by atoms with Crippen LogP contribution in [0.15, 0.2) is 54.7 Å². The number of hydrogen-bond acceptors (Lipinski definition) is 2. The van der Waals surface area contributed by atoms with Crippen LogP contribution >= 0.6 is 0 Å². The summed E-state index contributed by atoms with van der Waals surface area (Å²) >= 11 is 0. The largest absolute Gasteiger partial charge is 0.350 e. The van der Waals surface area contributed by atoms with Gasteiger partial charge in [0.1, 0.15) is 11.9 Å². The molecule has 0 saturated carbocycles. The van der Waals surface area contributed by atoms with Crippen LogP contribution in [0.1, 0.15) is 11.4 Å². The molecule has 0 aliphatic carbocycles. The number of benzene rings is 2. The third-order valence-electron chi connectivity index (χ3n) is 3.99. The lowest BCUT2D eigenvalue weighted by Crippen LogP contribution is -1.84. The van der Waals surface area contributed by atoms with Crippen molar-refractivity contribution >= 4 is 33.6 Å². The van der Waals surface area contributed by atoms with Gasteiger partial charge in [0.05, 0.1) is 16.6 Å². The second-order valence-corrected chi connectivity index (χ2v) is 5.48. The van der Waals surface area contributed by atoms with Crippen molar-refractivity contribution in [3.8, 4) is 6.07 Å². The number of H-pyrrole nitrogens is 1. The van der Waals surface area contributed by atoms with E-state index in [0.29, 0.717) is 11.4 Å². The maximum absolute atomic E-state index is 9.56. The first-order chi connectivity index (χ1) is 11.3. The Morgan fingerprint density at radius 2 is 1.96 bits per heavy atom. The highest BCUT2D eigenvalue weighted by Gasteiger charge is 2.10. The van der Waals surface area contributed by atoms with Crippen molar-refractivity contribution < 1.29 is 0 Å². The van der Waals surface area contributed by atoms with Crippen LogP contribution in [-0.2, 0) is 7.05 Å². The maximum atomic E-state index is 9.56. The Kier molecular flexibility index (Phi) is 2.99. The first-order valence-electron chi connectivity index (χ1n) is 7.37. The fourth-order valence-electron chi connectivity index (χ4n) is 2.88. The summed E-state index contributed by atoms with van der Waals surface area (Å²) in [6.07, 6.45) is 3.92. The minimum Gasteiger partial charge on any atom is -0.350 e. The molecule has 0 unspecified atom stereocenters. The summed E-state index contributed by atoms with van der Waals surface area (Å²) in [5.41, 5.74) is 4.47. The Balaban J connectivity index is 1.88. The predicted octanol–water partition coefficient (Wildman–Crippen LogP) is 4.12. The summed E-state index contributed by atoms with van der Waals surface area (Å²) in [7, 11) is 2.01. The number of rotatable bonds is 2. The van der Waals surface area contributed by atoms with E-state index in [-0.39, 0.29) is 0 Å². The summed E-state index contributed by atoms with van der Waals surface area (Å²) < 4.78 is 2.06. The lowest BCUT2D eigenvalue weighted by Gasteiger charge is -1.94. The van der Waals surface area contributed by atoms with Gasteiger partial charge in [-0.1, -0.05) is 30.3 Å². The number of aromatic amines is 1. The van der Waals surface area contributed by atoms with Gasteiger partial charge in [0, 0.05) is 29.7 Å². The molecule has 2 aromatic carbocycles. The molecule has 23 heavy (non-hydrogen) atoms. The molecule has 0 aliphatic rings. The highest BCUT2D eigenvalue weighted by molar-refractivity contribution is 5.97. The van der Waals surface area contributed by atoms with Gasteiger partial charge in [-0.3, -0.25) is 0 Å². The number of aryl methyl sites for hydroxylation is 1. The van der Waals surface area contributed by atoms with Crippen LogP contribution in [0.3, 0.4) is 0 Å². The third kappa shape index (κ3) is 2.19. The molecule has 4 aromatic rings. The Morgan fingerprint density at radius 3 is 2.78 bits per heavy atom. The highest BCUT2D eigenvalue weighted by Crippen LogP contribution is 2.25. The van der Waals surface area contributed by atoms with E-state index < -0.39 is 0 Å². The Morgan fingerprint density at radius 1 is 1.17 bits per heavy atom. The molecule has 0 atom stereocenters. The van der Waals surface area contributed by atoms with E-state index in [1.54, 1.807) is 0 Å². The van der Waals surface area contributed by atoms with Crippen LogP contribution < -0.4 is 0 Å². The summed E-state index contributed by atoms with van der Waals surface area (Å²) in [4.78, 5) is 7.73. The normalized spacial score (nSPS) is 11.9. The molecule has 0 fully saturated rings. The van der Waals surface area contributed by atoms with Crippen LogP contribution in [0, 0.1) is 11.3 Å². The van der Waals surface area contributed by atoms with E-state index in [0.717, 1.165) is 27.5 Å². The number of allylic oxidation sites excluding steroid dienone is 1. The molecule has 0 aliphatic heterocycles. The van der Waals surface area contributed by atoms with E-state index in [1.807, 2.05) is 55.7 Å². The Labute approximate surface area is 133 Å². The SMILES string of the molecule is Cn1cc(/C=C(\C#N)c2nc3ccccc3[nH]2)c2ccccc21. The molecule has 0 bridgehead atoms. The molecule has 0 spiro atoms. The standard InChI is InChI=1S/C19H14N4/c1-23-12-14(15-6-2-5-9-18(15)23)10-13(11-20)19-21-16-7-3-4-8-17(16)22-19/h2-10,12H,1H3,(H,21,22)/b13-10+. The minimum atomic E-state index is 0.526. The minimum absolute atomic E-state index is 0.526. The van der Waals surface area contributed by atoms with Gasteiger partial charge in [-0.05, 0) is 24.3 Å². The van der Waals surface area contributed by atoms with Crippen molar-refractivity contribution in [3.05, 3.63) is 66.1 Å². The van der Waals surface area contributed by atoms with Gasteiger partial charge in [0.15, 0.2) is 0 Å².